The van der Waals surface area contributed by atoms with Crippen molar-refractivity contribution < 1.29 is 13.9 Å². The fraction of sp³-hybridized carbons (Fsp3) is 0.500. The van der Waals surface area contributed by atoms with Crippen LogP contribution in [-0.4, -0.2) is 12.1 Å². The van der Waals surface area contributed by atoms with Gasteiger partial charge in [0.2, 0.25) is 0 Å². The highest BCUT2D eigenvalue weighted by atomic mass is 19.1. The Morgan fingerprint density at radius 3 is 2.41 bits per heavy atom. The molecule has 0 amide bonds. The molecule has 0 saturated heterocycles. The molecule has 0 heterocycles. The number of ether oxygens (including phenoxy) is 1. The quantitative estimate of drug-likeness (QED) is 0.685. The van der Waals surface area contributed by atoms with Gasteiger partial charge in [-0.3, -0.25) is 0 Å². The number of hydrogen-bond donors (Lipinski definition) is 1. The lowest BCUT2D eigenvalue weighted by molar-refractivity contribution is -0.156. The van der Waals surface area contributed by atoms with Crippen LogP contribution in [0, 0.1) is 23.6 Å². The molecular formula is C18H24FNO2. The van der Waals surface area contributed by atoms with Gasteiger partial charge < -0.3 is 10.5 Å². The standard InChI is InChI=1S/C18H24FNO2/c1-7-13-8-9-14(15(19)10-13)18(20,11-17(4,5)6)16(21)22-12(2)3/h1,8-10,12H,11,20H2,2-6H3. The Hall–Kier alpha value is -1.86. The average molecular weight is 305 g/mol. The van der Waals surface area contributed by atoms with Crippen LogP contribution in [0.2, 0.25) is 0 Å². The van der Waals surface area contributed by atoms with Gasteiger partial charge in [0.15, 0.2) is 0 Å². The van der Waals surface area contributed by atoms with E-state index in [-0.39, 0.29) is 23.5 Å². The number of rotatable bonds is 4. The SMILES string of the molecule is C#Cc1ccc(C(N)(CC(C)(C)C)C(=O)OC(C)C)c(F)c1. The van der Waals surface area contributed by atoms with E-state index in [1.807, 2.05) is 20.8 Å². The molecule has 0 aliphatic rings. The summed E-state index contributed by atoms with van der Waals surface area (Å²) < 4.78 is 19.7. The highest BCUT2D eigenvalue weighted by molar-refractivity contribution is 5.82. The Morgan fingerprint density at radius 1 is 1.41 bits per heavy atom. The van der Waals surface area contributed by atoms with Crippen LogP contribution in [0.3, 0.4) is 0 Å². The van der Waals surface area contributed by atoms with Crippen LogP contribution in [0.15, 0.2) is 18.2 Å². The van der Waals surface area contributed by atoms with E-state index in [9.17, 15) is 9.18 Å². The summed E-state index contributed by atoms with van der Waals surface area (Å²) in [4.78, 5) is 12.5. The van der Waals surface area contributed by atoms with E-state index < -0.39 is 17.3 Å². The maximum Gasteiger partial charge on any atom is 0.331 e. The van der Waals surface area contributed by atoms with Crippen molar-refractivity contribution in [3.63, 3.8) is 0 Å². The smallest absolute Gasteiger partial charge is 0.331 e. The molecule has 1 aromatic carbocycles. The minimum absolute atomic E-state index is 0.104. The third-order valence-electron chi connectivity index (χ3n) is 3.13. The van der Waals surface area contributed by atoms with Crippen LogP contribution in [0.4, 0.5) is 4.39 Å². The van der Waals surface area contributed by atoms with Crippen LogP contribution in [0.5, 0.6) is 0 Å². The first-order chi connectivity index (χ1) is 9.99. The predicted molar refractivity (Wildman–Crippen MR) is 85.5 cm³/mol. The summed E-state index contributed by atoms with van der Waals surface area (Å²) in [6.45, 7) is 9.27. The Morgan fingerprint density at radius 2 is 2.00 bits per heavy atom. The molecule has 1 unspecified atom stereocenters. The first kappa shape index (κ1) is 18.2. The van der Waals surface area contributed by atoms with E-state index in [0.29, 0.717) is 5.56 Å². The number of terminal acetylenes is 1. The zero-order chi connectivity index (χ0) is 17.1. The number of carbonyl (C=O) groups is 1. The van der Waals surface area contributed by atoms with Gasteiger partial charge in [0.05, 0.1) is 6.10 Å². The number of hydrogen-bond acceptors (Lipinski definition) is 3. The predicted octanol–water partition coefficient (Wildman–Crippen LogP) is 3.35. The van der Waals surface area contributed by atoms with Crippen molar-refractivity contribution in [1.29, 1.82) is 0 Å². The molecule has 0 aliphatic heterocycles. The summed E-state index contributed by atoms with van der Waals surface area (Å²) in [5, 5.41) is 0. The number of halogens is 1. The molecule has 3 nitrogen and oxygen atoms in total. The molecule has 0 spiro atoms. The van der Waals surface area contributed by atoms with E-state index in [1.165, 1.54) is 12.1 Å². The monoisotopic (exact) mass is 305 g/mol. The molecule has 1 rings (SSSR count). The molecule has 120 valence electrons. The molecule has 1 atom stereocenters. The van der Waals surface area contributed by atoms with Gasteiger partial charge in [-0.2, -0.15) is 0 Å². The van der Waals surface area contributed by atoms with Gasteiger partial charge in [-0.1, -0.05) is 32.8 Å². The fourth-order valence-electron chi connectivity index (χ4n) is 2.40. The van der Waals surface area contributed by atoms with Crippen LogP contribution in [0.25, 0.3) is 0 Å². The molecular weight excluding hydrogens is 281 g/mol. The third kappa shape index (κ3) is 4.32. The fourth-order valence-corrected chi connectivity index (χ4v) is 2.40. The summed E-state index contributed by atoms with van der Waals surface area (Å²) in [7, 11) is 0. The minimum Gasteiger partial charge on any atom is -0.461 e. The minimum atomic E-state index is -1.56. The molecule has 0 aromatic heterocycles. The van der Waals surface area contributed by atoms with Crippen LogP contribution < -0.4 is 5.73 Å². The second-order valence-corrected chi connectivity index (χ2v) is 7.00. The van der Waals surface area contributed by atoms with Crippen molar-refractivity contribution in [2.45, 2.75) is 52.7 Å². The molecule has 0 fully saturated rings. The zero-order valence-corrected chi connectivity index (χ0v) is 13.9. The normalized spacial score (nSPS) is 14.3. The molecule has 2 N–H and O–H groups in total. The highest BCUT2D eigenvalue weighted by Crippen LogP contribution is 2.35. The Bertz CT molecular complexity index is 596. The van der Waals surface area contributed by atoms with Gasteiger partial charge in [-0.25, -0.2) is 9.18 Å². The van der Waals surface area contributed by atoms with Gasteiger partial charge in [0.25, 0.3) is 0 Å². The van der Waals surface area contributed by atoms with Gasteiger partial charge in [-0.05, 0) is 37.8 Å². The van der Waals surface area contributed by atoms with Crippen molar-refractivity contribution in [3.8, 4) is 12.3 Å². The lowest BCUT2D eigenvalue weighted by Crippen LogP contribution is -2.49. The van der Waals surface area contributed by atoms with Gasteiger partial charge in [-0.15, -0.1) is 6.42 Å². The lowest BCUT2D eigenvalue weighted by atomic mass is 9.76. The van der Waals surface area contributed by atoms with Crippen LogP contribution in [0.1, 0.15) is 52.2 Å². The number of benzene rings is 1. The van der Waals surface area contributed by atoms with Gasteiger partial charge in [0.1, 0.15) is 11.4 Å². The summed E-state index contributed by atoms with van der Waals surface area (Å²) >= 11 is 0. The number of esters is 1. The molecule has 0 radical (unpaired) electrons. The summed E-state index contributed by atoms with van der Waals surface area (Å²) in [6, 6.07) is 4.26. The van der Waals surface area contributed by atoms with Crippen LogP contribution in [-0.2, 0) is 15.1 Å². The molecule has 0 saturated carbocycles. The highest BCUT2D eigenvalue weighted by Gasteiger charge is 2.43. The zero-order valence-electron chi connectivity index (χ0n) is 13.9. The molecule has 0 aliphatic carbocycles. The van der Waals surface area contributed by atoms with Crippen molar-refractivity contribution >= 4 is 5.97 Å². The first-order valence-corrected chi connectivity index (χ1v) is 7.26. The maximum atomic E-state index is 14.4. The number of nitrogens with two attached hydrogens (primary N) is 1. The number of carbonyl (C=O) groups excluding carboxylic acids is 1. The van der Waals surface area contributed by atoms with E-state index in [1.54, 1.807) is 19.9 Å². The van der Waals surface area contributed by atoms with Crippen molar-refractivity contribution in [2.75, 3.05) is 0 Å². The molecule has 1 aromatic rings. The summed E-state index contributed by atoms with van der Waals surface area (Å²) in [6.07, 6.45) is 5.18. The van der Waals surface area contributed by atoms with E-state index >= 15 is 0 Å². The van der Waals surface area contributed by atoms with Crippen molar-refractivity contribution in [1.82, 2.24) is 0 Å². The first-order valence-electron chi connectivity index (χ1n) is 7.26. The molecule has 4 heteroatoms. The third-order valence-corrected chi connectivity index (χ3v) is 3.13. The average Bonchev–Trinajstić information content (AvgIpc) is 2.35. The lowest BCUT2D eigenvalue weighted by Gasteiger charge is -2.34. The van der Waals surface area contributed by atoms with Crippen LogP contribution >= 0.6 is 0 Å². The Kier molecular flexibility index (Phi) is 5.37. The summed E-state index contributed by atoms with van der Waals surface area (Å²) in [5.41, 5.74) is 4.98. The Labute approximate surface area is 132 Å². The second kappa shape index (κ2) is 6.50. The van der Waals surface area contributed by atoms with E-state index in [0.717, 1.165) is 0 Å². The van der Waals surface area contributed by atoms with E-state index in [4.69, 9.17) is 16.9 Å². The largest absolute Gasteiger partial charge is 0.461 e. The van der Waals surface area contributed by atoms with E-state index in [2.05, 4.69) is 5.92 Å². The van der Waals surface area contributed by atoms with Crippen molar-refractivity contribution in [3.05, 3.63) is 35.1 Å². The van der Waals surface area contributed by atoms with Gasteiger partial charge in [0, 0.05) is 11.1 Å². The van der Waals surface area contributed by atoms with Gasteiger partial charge >= 0.3 is 5.97 Å². The Balaban J connectivity index is 3.38. The maximum absolute atomic E-state index is 14.4. The second-order valence-electron chi connectivity index (χ2n) is 7.00. The summed E-state index contributed by atoms with van der Waals surface area (Å²) in [5.74, 6) is 1.13. The molecule has 0 bridgehead atoms. The topological polar surface area (TPSA) is 52.3 Å². The molecule has 22 heavy (non-hydrogen) atoms. The van der Waals surface area contributed by atoms with Crippen molar-refractivity contribution in [2.24, 2.45) is 11.1 Å².